The molecule has 0 saturated heterocycles. The number of aliphatic hydroxyl groups is 1. The van der Waals surface area contributed by atoms with Gasteiger partial charge in [-0.3, -0.25) is 9.59 Å². The number of aryl methyl sites for hydroxylation is 1. The summed E-state index contributed by atoms with van der Waals surface area (Å²) < 4.78 is 16.2. The number of methoxy groups -OCH3 is 1. The van der Waals surface area contributed by atoms with E-state index in [0.717, 1.165) is 16.9 Å². The van der Waals surface area contributed by atoms with Crippen LogP contribution in [0.4, 0.5) is 0 Å². The average Bonchev–Trinajstić information content (AvgIpc) is 3.07. The van der Waals surface area contributed by atoms with Crippen molar-refractivity contribution in [1.29, 1.82) is 0 Å². The van der Waals surface area contributed by atoms with Crippen molar-refractivity contribution in [2.75, 3.05) is 13.7 Å². The molecule has 1 heterocycles. The van der Waals surface area contributed by atoms with E-state index in [-0.39, 0.29) is 42.6 Å². The highest BCUT2D eigenvalue weighted by molar-refractivity contribution is 5.69. The third kappa shape index (κ3) is 2.98. The van der Waals surface area contributed by atoms with E-state index in [4.69, 9.17) is 14.2 Å². The van der Waals surface area contributed by atoms with Crippen LogP contribution >= 0.6 is 0 Å². The lowest BCUT2D eigenvalue weighted by molar-refractivity contribution is -0.149. The number of carbonyl (C=O) groups is 2. The minimum absolute atomic E-state index is 0.00688. The number of para-hydroxylation sites is 1. The van der Waals surface area contributed by atoms with E-state index in [1.54, 1.807) is 0 Å². The number of benzene rings is 1. The van der Waals surface area contributed by atoms with Gasteiger partial charge in [0.25, 0.3) is 0 Å². The first-order chi connectivity index (χ1) is 11.5. The van der Waals surface area contributed by atoms with Gasteiger partial charge in [0.05, 0.1) is 13.7 Å². The summed E-state index contributed by atoms with van der Waals surface area (Å²) in [6, 6.07) is 5.87. The molecule has 2 aliphatic rings. The number of esters is 2. The minimum atomic E-state index is -0.342. The summed E-state index contributed by atoms with van der Waals surface area (Å²) in [5.74, 6) is 0.0407. The van der Waals surface area contributed by atoms with Crippen LogP contribution in [0.1, 0.15) is 36.8 Å². The van der Waals surface area contributed by atoms with Gasteiger partial charge in [-0.25, -0.2) is 0 Å². The van der Waals surface area contributed by atoms with Gasteiger partial charge in [-0.15, -0.1) is 0 Å². The monoisotopic (exact) mass is 334 g/mol. The van der Waals surface area contributed by atoms with E-state index < -0.39 is 0 Å². The van der Waals surface area contributed by atoms with Gasteiger partial charge in [-0.2, -0.15) is 0 Å². The fraction of sp³-hybridized carbons (Fsp3) is 0.556. The van der Waals surface area contributed by atoms with Crippen molar-refractivity contribution in [3.05, 3.63) is 29.3 Å². The maximum Gasteiger partial charge on any atom is 0.305 e. The molecule has 3 rings (SSSR count). The molecule has 0 spiro atoms. The van der Waals surface area contributed by atoms with E-state index >= 15 is 0 Å². The fourth-order valence-corrected chi connectivity index (χ4v) is 3.89. The fourth-order valence-electron chi connectivity index (χ4n) is 3.89. The Morgan fingerprint density at radius 1 is 1.38 bits per heavy atom. The largest absolute Gasteiger partial charge is 0.489 e. The van der Waals surface area contributed by atoms with E-state index in [9.17, 15) is 14.7 Å². The quantitative estimate of drug-likeness (QED) is 0.823. The second-order valence-electron chi connectivity index (χ2n) is 6.32. The molecule has 1 aliphatic heterocycles. The van der Waals surface area contributed by atoms with Crippen LogP contribution in [0.3, 0.4) is 0 Å². The molecule has 1 fully saturated rings. The van der Waals surface area contributed by atoms with Crippen molar-refractivity contribution in [3.63, 3.8) is 0 Å². The van der Waals surface area contributed by atoms with Gasteiger partial charge < -0.3 is 19.3 Å². The number of ether oxygens (including phenoxy) is 3. The lowest BCUT2D eigenvalue weighted by atomic mass is 9.87. The van der Waals surface area contributed by atoms with Crippen LogP contribution in [0.15, 0.2) is 18.2 Å². The Balaban J connectivity index is 1.83. The zero-order chi connectivity index (χ0) is 17.3. The standard InChI is InChI=1S/C18H22O6/c1-10(20)23-14-8-15-17(13(14)9-19)12-5-3-4-11(18(12)24-15)6-7-16(21)22-2/h3-5,13-15,17,19H,6-9H2,1-2H3/t13-,14+,15-,17+/m0/s1. The molecule has 6 heteroatoms. The van der Waals surface area contributed by atoms with Crippen molar-refractivity contribution >= 4 is 11.9 Å². The Morgan fingerprint density at radius 2 is 2.17 bits per heavy atom. The van der Waals surface area contributed by atoms with Gasteiger partial charge in [0.15, 0.2) is 0 Å². The number of fused-ring (bicyclic) bond motifs is 3. The number of hydrogen-bond donors (Lipinski definition) is 1. The molecular weight excluding hydrogens is 312 g/mol. The number of aliphatic hydroxyl groups excluding tert-OH is 1. The first kappa shape index (κ1) is 16.8. The maximum absolute atomic E-state index is 11.4. The molecule has 24 heavy (non-hydrogen) atoms. The predicted octanol–water partition coefficient (Wildman–Crippen LogP) is 1.58. The molecule has 0 aromatic heterocycles. The smallest absolute Gasteiger partial charge is 0.305 e. The van der Waals surface area contributed by atoms with Crippen LogP contribution in [0, 0.1) is 5.92 Å². The van der Waals surface area contributed by atoms with Crippen LogP contribution in [0.2, 0.25) is 0 Å². The summed E-state index contributed by atoms with van der Waals surface area (Å²) in [4.78, 5) is 22.7. The van der Waals surface area contributed by atoms with Crippen molar-refractivity contribution in [1.82, 2.24) is 0 Å². The van der Waals surface area contributed by atoms with Gasteiger partial charge in [0, 0.05) is 37.2 Å². The van der Waals surface area contributed by atoms with Gasteiger partial charge in [0.1, 0.15) is 18.0 Å². The molecule has 1 N–H and O–H groups in total. The molecule has 0 amide bonds. The second kappa shape index (κ2) is 6.81. The van der Waals surface area contributed by atoms with Gasteiger partial charge in [-0.05, 0) is 12.0 Å². The van der Waals surface area contributed by atoms with Crippen molar-refractivity contribution in [2.45, 2.75) is 44.3 Å². The van der Waals surface area contributed by atoms with E-state index in [0.29, 0.717) is 19.3 Å². The molecule has 130 valence electrons. The normalized spacial score (nSPS) is 27.1. The van der Waals surface area contributed by atoms with E-state index in [1.807, 2.05) is 18.2 Å². The van der Waals surface area contributed by atoms with E-state index in [2.05, 4.69) is 0 Å². The highest BCUT2D eigenvalue weighted by Crippen LogP contribution is 2.52. The van der Waals surface area contributed by atoms with E-state index in [1.165, 1.54) is 14.0 Å². The summed E-state index contributed by atoms with van der Waals surface area (Å²) in [6.07, 6.45) is 0.980. The Labute approximate surface area is 140 Å². The van der Waals surface area contributed by atoms with Crippen molar-refractivity contribution in [3.8, 4) is 5.75 Å². The predicted molar refractivity (Wildman–Crippen MR) is 84.7 cm³/mol. The maximum atomic E-state index is 11.4. The molecule has 4 atom stereocenters. The minimum Gasteiger partial charge on any atom is -0.489 e. The number of hydrogen-bond acceptors (Lipinski definition) is 6. The zero-order valence-electron chi connectivity index (χ0n) is 13.9. The Hall–Kier alpha value is -2.08. The average molecular weight is 334 g/mol. The van der Waals surface area contributed by atoms with Gasteiger partial charge in [0.2, 0.25) is 0 Å². The highest BCUT2D eigenvalue weighted by atomic mass is 16.6. The van der Waals surface area contributed by atoms with Crippen LogP contribution in [-0.2, 0) is 25.5 Å². The molecule has 0 unspecified atom stereocenters. The number of rotatable bonds is 5. The van der Waals surface area contributed by atoms with Crippen molar-refractivity contribution in [2.24, 2.45) is 5.92 Å². The Kier molecular flexibility index (Phi) is 4.76. The Bertz CT molecular complexity index is 640. The zero-order valence-corrected chi connectivity index (χ0v) is 13.9. The molecule has 6 nitrogen and oxygen atoms in total. The molecule has 1 aromatic rings. The van der Waals surface area contributed by atoms with Crippen LogP contribution < -0.4 is 4.74 Å². The van der Waals surface area contributed by atoms with Gasteiger partial charge >= 0.3 is 11.9 Å². The molecule has 0 bridgehead atoms. The molecule has 0 radical (unpaired) electrons. The highest BCUT2D eigenvalue weighted by Gasteiger charge is 2.51. The first-order valence-corrected chi connectivity index (χ1v) is 8.18. The molecule has 1 saturated carbocycles. The SMILES string of the molecule is COC(=O)CCc1cccc2c1O[C@H]1C[C@@H](OC(C)=O)[C@H](CO)[C@@H]21. The lowest BCUT2D eigenvalue weighted by Gasteiger charge is -2.21. The summed E-state index contributed by atoms with van der Waals surface area (Å²) in [6.45, 7) is 1.32. The second-order valence-corrected chi connectivity index (χ2v) is 6.32. The van der Waals surface area contributed by atoms with Crippen molar-refractivity contribution < 1.29 is 28.9 Å². The molecule has 1 aliphatic carbocycles. The summed E-state index contributed by atoms with van der Waals surface area (Å²) >= 11 is 0. The third-order valence-electron chi connectivity index (χ3n) is 4.91. The third-order valence-corrected chi connectivity index (χ3v) is 4.91. The first-order valence-electron chi connectivity index (χ1n) is 8.18. The topological polar surface area (TPSA) is 82.1 Å². The summed E-state index contributed by atoms with van der Waals surface area (Å²) in [7, 11) is 1.37. The van der Waals surface area contributed by atoms with Crippen LogP contribution in [0.25, 0.3) is 0 Å². The summed E-state index contributed by atoms with van der Waals surface area (Å²) in [5, 5.41) is 9.79. The summed E-state index contributed by atoms with van der Waals surface area (Å²) in [5.41, 5.74) is 1.99. The number of carbonyl (C=O) groups excluding carboxylic acids is 2. The van der Waals surface area contributed by atoms with Gasteiger partial charge in [-0.1, -0.05) is 18.2 Å². The molecular formula is C18H22O6. The van der Waals surface area contributed by atoms with Crippen LogP contribution in [0.5, 0.6) is 5.75 Å². The Morgan fingerprint density at radius 3 is 2.83 bits per heavy atom. The van der Waals surface area contributed by atoms with Crippen LogP contribution in [-0.4, -0.2) is 43.0 Å². The lowest BCUT2D eigenvalue weighted by Crippen LogP contribution is -2.26. The molecule has 1 aromatic carbocycles.